The molecule has 1 saturated heterocycles. The fourth-order valence-electron chi connectivity index (χ4n) is 2.62. The van der Waals surface area contributed by atoms with Gasteiger partial charge in [-0.3, -0.25) is 4.79 Å². The van der Waals surface area contributed by atoms with E-state index in [0.29, 0.717) is 31.8 Å². The van der Waals surface area contributed by atoms with Crippen molar-refractivity contribution in [1.29, 1.82) is 0 Å². The van der Waals surface area contributed by atoms with Crippen LogP contribution in [0.1, 0.15) is 33.8 Å². The summed E-state index contributed by atoms with van der Waals surface area (Å²) < 4.78 is 16.6. The van der Waals surface area contributed by atoms with Crippen LogP contribution < -0.4 is 5.32 Å². The van der Waals surface area contributed by atoms with Crippen LogP contribution >= 0.6 is 0 Å². The number of aromatic nitrogens is 3. The second-order valence-electron chi connectivity index (χ2n) is 5.73. The van der Waals surface area contributed by atoms with Gasteiger partial charge >= 0.3 is 0 Å². The normalized spacial score (nSPS) is 20.8. The number of amides is 1. The van der Waals surface area contributed by atoms with Crippen LogP contribution in [0.5, 0.6) is 0 Å². The SMILES string of the molecule is Cc1noc(C)c1CO[C@@H]1COCC[C@H]1NC(=O)c1ccnnc1. The lowest BCUT2D eigenvalue weighted by Gasteiger charge is -2.32. The second kappa shape index (κ2) is 7.50. The third-order valence-corrected chi connectivity index (χ3v) is 4.09. The third kappa shape index (κ3) is 3.77. The summed E-state index contributed by atoms with van der Waals surface area (Å²) >= 11 is 0. The molecule has 3 heterocycles. The van der Waals surface area contributed by atoms with E-state index in [1.54, 1.807) is 6.07 Å². The average molecular weight is 332 g/mol. The molecule has 8 nitrogen and oxygen atoms in total. The molecule has 1 amide bonds. The molecule has 0 unspecified atom stereocenters. The van der Waals surface area contributed by atoms with E-state index in [1.165, 1.54) is 12.4 Å². The molecular formula is C16H20N4O4. The predicted molar refractivity (Wildman–Crippen MR) is 83.3 cm³/mol. The number of hydrogen-bond donors (Lipinski definition) is 1. The highest BCUT2D eigenvalue weighted by Gasteiger charge is 2.29. The Labute approximate surface area is 139 Å². The summed E-state index contributed by atoms with van der Waals surface area (Å²) in [5.74, 6) is 0.551. The van der Waals surface area contributed by atoms with Gasteiger partial charge in [0.05, 0.1) is 42.9 Å². The summed E-state index contributed by atoms with van der Waals surface area (Å²) in [7, 11) is 0. The van der Waals surface area contributed by atoms with E-state index in [0.717, 1.165) is 17.0 Å². The van der Waals surface area contributed by atoms with E-state index in [-0.39, 0.29) is 18.1 Å². The largest absolute Gasteiger partial charge is 0.379 e. The molecule has 2 atom stereocenters. The molecule has 2 aromatic heterocycles. The van der Waals surface area contributed by atoms with E-state index in [2.05, 4.69) is 20.7 Å². The molecule has 1 fully saturated rings. The van der Waals surface area contributed by atoms with Crippen molar-refractivity contribution in [1.82, 2.24) is 20.7 Å². The average Bonchev–Trinajstić information content (AvgIpc) is 2.93. The topological polar surface area (TPSA) is 99.4 Å². The Kier molecular flexibility index (Phi) is 5.17. The van der Waals surface area contributed by atoms with Gasteiger partial charge in [0, 0.05) is 12.2 Å². The molecule has 1 aliphatic heterocycles. The maximum atomic E-state index is 12.3. The number of carbonyl (C=O) groups is 1. The molecule has 0 aromatic carbocycles. The fourth-order valence-corrected chi connectivity index (χ4v) is 2.62. The molecule has 1 aliphatic rings. The van der Waals surface area contributed by atoms with E-state index in [4.69, 9.17) is 14.0 Å². The molecule has 24 heavy (non-hydrogen) atoms. The van der Waals surface area contributed by atoms with E-state index >= 15 is 0 Å². The minimum atomic E-state index is -0.230. The fraction of sp³-hybridized carbons (Fsp3) is 0.500. The van der Waals surface area contributed by atoms with Gasteiger partial charge in [0.15, 0.2) is 0 Å². The Morgan fingerprint density at radius 2 is 2.29 bits per heavy atom. The molecule has 0 saturated carbocycles. The molecule has 0 bridgehead atoms. The van der Waals surface area contributed by atoms with Crippen LogP contribution in [0, 0.1) is 13.8 Å². The molecule has 0 spiro atoms. The lowest BCUT2D eigenvalue weighted by Crippen LogP contribution is -2.50. The van der Waals surface area contributed by atoms with Gasteiger partial charge in [-0.05, 0) is 26.3 Å². The molecule has 0 radical (unpaired) electrons. The van der Waals surface area contributed by atoms with Crippen LogP contribution in [0.2, 0.25) is 0 Å². The number of rotatable bonds is 5. The van der Waals surface area contributed by atoms with Crippen molar-refractivity contribution in [3.8, 4) is 0 Å². The van der Waals surface area contributed by atoms with Gasteiger partial charge in [0.25, 0.3) is 5.91 Å². The van der Waals surface area contributed by atoms with Gasteiger partial charge in [0.1, 0.15) is 11.9 Å². The van der Waals surface area contributed by atoms with Gasteiger partial charge in [-0.15, -0.1) is 0 Å². The molecule has 2 aromatic rings. The molecule has 3 rings (SSSR count). The maximum Gasteiger partial charge on any atom is 0.253 e. The lowest BCUT2D eigenvalue weighted by atomic mass is 10.1. The third-order valence-electron chi connectivity index (χ3n) is 4.09. The van der Waals surface area contributed by atoms with Crippen molar-refractivity contribution in [3.05, 3.63) is 41.0 Å². The van der Waals surface area contributed by atoms with Crippen LogP contribution in [0.4, 0.5) is 0 Å². The van der Waals surface area contributed by atoms with Crippen molar-refractivity contribution >= 4 is 5.91 Å². The summed E-state index contributed by atoms with van der Waals surface area (Å²) in [6.45, 7) is 5.13. The second-order valence-corrected chi connectivity index (χ2v) is 5.73. The number of carbonyl (C=O) groups excluding carboxylic acids is 1. The van der Waals surface area contributed by atoms with E-state index in [9.17, 15) is 4.79 Å². The Morgan fingerprint density at radius 3 is 3.00 bits per heavy atom. The van der Waals surface area contributed by atoms with E-state index in [1.807, 2.05) is 13.8 Å². The Balaban J connectivity index is 1.62. The summed E-state index contributed by atoms with van der Waals surface area (Å²) in [6.07, 6.45) is 3.39. The van der Waals surface area contributed by atoms with Gasteiger partial charge in [-0.1, -0.05) is 5.16 Å². The Hall–Kier alpha value is -2.32. The number of nitrogens with zero attached hydrogens (tertiary/aromatic N) is 3. The Bertz CT molecular complexity index is 669. The first-order chi connectivity index (χ1) is 11.6. The quantitative estimate of drug-likeness (QED) is 0.877. The zero-order chi connectivity index (χ0) is 16.9. The molecule has 0 aliphatic carbocycles. The van der Waals surface area contributed by atoms with Crippen LogP contribution in [-0.4, -0.2) is 46.6 Å². The standard InChI is InChI=1S/C16H20N4O4/c1-10-13(11(2)24-20-10)8-23-15-9-22-6-4-14(15)19-16(21)12-3-5-17-18-7-12/h3,5,7,14-15H,4,6,8-9H2,1-2H3,(H,19,21)/t14-,15-/m1/s1. The number of hydrogen-bond acceptors (Lipinski definition) is 7. The molecule has 8 heteroatoms. The minimum absolute atomic E-state index is 0.125. The van der Waals surface area contributed by atoms with Crippen LogP contribution in [0.25, 0.3) is 0 Å². The maximum absolute atomic E-state index is 12.3. The summed E-state index contributed by atoms with van der Waals surface area (Å²) in [4.78, 5) is 12.3. The minimum Gasteiger partial charge on any atom is -0.379 e. The van der Waals surface area contributed by atoms with Gasteiger partial charge in [-0.25, -0.2) is 0 Å². The smallest absolute Gasteiger partial charge is 0.253 e. The van der Waals surface area contributed by atoms with Crippen LogP contribution in [-0.2, 0) is 16.1 Å². The highest BCUT2D eigenvalue weighted by atomic mass is 16.5. The van der Waals surface area contributed by atoms with Gasteiger partial charge < -0.3 is 19.3 Å². The summed E-state index contributed by atoms with van der Waals surface area (Å²) in [5, 5.41) is 14.3. The van der Waals surface area contributed by atoms with Gasteiger partial charge in [0.2, 0.25) is 0 Å². The van der Waals surface area contributed by atoms with Gasteiger partial charge in [-0.2, -0.15) is 10.2 Å². The highest BCUT2D eigenvalue weighted by Crippen LogP contribution is 2.18. The predicted octanol–water partition coefficient (Wildman–Crippen LogP) is 1.19. The number of ether oxygens (including phenoxy) is 2. The zero-order valence-electron chi connectivity index (χ0n) is 13.7. The van der Waals surface area contributed by atoms with Crippen molar-refractivity contribution < 1.29 is 18.8 Å². The van der Waals surface area contributed by atoms with E-state index < -0.39 is 0 Å². The highest BCUT2D eigenvalue weighted by molar-refractivity contribution is 5.93. The van der Waals surface area contributed by atoms with Crippen molar-refractivity contribution in [2.75, 3.05) is 13.2 Å². The first-order valence-electron chi connectivity index (χ1n) is 7.84. The van der Waals surface area contributed by atoms with Crippen LogP contribution in [0.3, 0.4) is 0 Å². The zero-order valence-corrected chi connectivity index (χ0v) is 13.7. The number of nitrogens with one attached hydrogen (secondary N) is 1. The monoisotopic (exact) mass is 332 g/mol. The van der Waals surface area contributed by atoms with Crippen molar-refractivity contribution in [2.45, 2.75) is 39.0 Å². The first kappa shape index (κ1) is 16.5. The first-order valence-corrected chi connectivity index (χ1v) is 7.84. The van der Waals surface area contributed by atoms with Crippen LogP contribution in [0.15, 0.2) is 23.0 Å². The lowest BCUT2D eigenvalue weighted by molar-refractivity contribution is -0.0739. The summed E-state index contributed by atoms with van der Waals surface area (Å²) in [5.41, 5.74) is 2.22. The molecule has 128 valence electrons. The van der Waals surface area contributed by atoms with Crippen molar-refractivity contribution in [2.24, 2.45) is 0 Å². The summed E-state index contributed by atoms with van der Waals surface area (Å²) in [6, 6.07) is 1.50. The molecular weight excluding hydrogens is 312 g/mol. The van der Waals surface area contributed by atoms with Crippen molar-refractivity contribution in [3.63, 3.8) is 0 Å². The Morgan fingerprint density at radius 1 is 1.42 bits per heavy atom. The number of aryl methyl sites for hydroxylation is 2. The molecule has 1 N–H and O–H groups in total.